The average molecular weight is 241 g/mol. The Morgan fingerprint density at radius 2 is 2.00 bits per heavy atom. The van der Waals surface area contributed by atoms with Gasteiger partial charge in [-0.25, -0.2) is 4.98 Å². The van der Waals surface area contributed by atoms with Crippen LogP contribution in [0.25, 0.3) is 0 Å². The fourth-order valence-corrected chi connectivity index (χ4v) is 1.84. The summed E-state index contributed by atoms with van der Waals surface area (Å²) in [5.41, 5.74) is 3.66. The second-order valence-electron chi connectivity index (χ2n) is 4.30. The quantitative estimate of drug-likeness (QED) is 0.842. The molecule has 0 aliphatic carbocycles. The zero-order valence-corrected chi connectivity index (χ0v) is 10.9. The zero-order valence-electron chi connectivity index (χ0n) is 10.9. The van der Waals surface area contributed by atoms with Crippen LogP contribution in [0.15, 0.2) is 42.6 Å². The summed E-state index contributed by atoms with van der Waals surface area (Å²) in [6.07, 6.45) is 1.82. The maximum atomic E-state index is 4.25. The van der Waals surface area contributed by atoms with E-state index in [0.717, 1.165) is 24.6 Å². The van der Waals surface area contributed by atoms with Crippen LogP contribution in [0.2, 0.25) is 0 Å². The van der Waals surface area contributed by atoms with Crippen LogP contribution in [0.1, 0.15) is 18.1 Å². The summed E-state index contributed by atoms with van der Waals surface area (Å²) in [6, 6.07) is 12.5. The lowest BCUT2D eigenvalue weighted by Gasteiger charge is -2.09. The predicted molar refractivity (Wildman–Crippen MR) is 76.9 cm³/mol. The summed E-state index contributed by atoms with van der Waals surface area (Å²) in [7, 11) is 0. The van der Waals surface area contributed by atoms with Crippen molar-refractivity contribution in [2.45, 2.75) is 20.4 Å². The molecule has 0 saturated carbocycles. The van der Waals surface area contributed by atoms with Crippen LogP contribution in [0, 0.1) is 6.92 Å². The van der Waals surface area contributed by atoms with Crippen molar-refractivity contribution in [1.82, 2.24) is 4.98 Å². The van der Waals surface area contributed by atoms with Gasteiger partial charge in [0.2, 0.25) is 0 Å². The molecule has 0 amide bonds. The lowest BCUT2D eigenvalue weighted by Crippen LogP contribution is -2.02. The predicted octanol–water partition coefficient (Wildman–Crippen LogP) is 3.43. The summed E-state index contributed by atoms with van der Waals surface area (Å²) in [6.45, 7) is 5.89. The normalized spacial score (nSPS) is 10.1. The first-order valence-corrected chi connectivity index (χ1v) is 6.27. The molecule has 0 aliphatic rings. The van der Waals surface area contributed by atoms with E-state index >= 15 is 0 Å². The Hall–Kier alpha value is -2.03. The van der Waals surface area contributed by atoms with Crippen molar-refractivity contribution in [2.75, 3.05) is 17.2 Å². The number of aromatic nitrogens is 1. The van der Waals surface area contributed by atoms with E-state index in [2.05, 4.69) is 53.7 Å². The van der Waals surface area contributed by atoms with Crippen LogP contribution in [0.5, 0.6) is 0 Å². The second kappa shape index (κ2) is 6.05. The van der Waals surface area contributed by atoms with E-state index < -0.39 is 0 Å². The van der Waals surface area contributed by atoms with Gasteiger partial charge in [0.1, 0.15) is 5.82 Å². The summed E-state index contributed by atoms with van der Waals surface area (Å²) in [5, 5.41) is 6.61. The van der Waals surface area contributed by atoms with E-state index in [1.165, 1.54) is 11.1 Å². The van der Waals surface area contributed by atoms with Crippen LogP contribution in [0.3, 0.4) is 0 Å². The van der Waals surface area contributed by atoms with Gasteiger partial charge in [-0.15, -0.1) is 0 Å². The summed E-state index contributed by atoms with van der Waals surface area (Å²) in [5.74, 6) is 0.909. The van der Waals surface area contributed by atoms with Crippen molar-refractivity contribution in [3.05, 3.63) is 53.7 Å². The van der Waals surface area contributed by atoms with Gasteiger partial charge >= 0.3 is 0 Å². The molecule has 0 saturated heterocycles. The Kier molecular flexibility index (Phi) is 4.18. The third kappa shape index (κ3) is 3.48. The van der Waals surface area contributed by atoms with Crippen LogP contribution >= 0.6 is 0 Å². The molecule has 2 N–H and O–H groups in total. The van der Waals surface area contributed by atoms with Crippen molar-refractivity contribution >= 4 is 11.5 Å². The molecule has 3 nitrogen and oxygen atoms in total. The Morgan fingerprint density at radius 3 is 2.78 bits per heavy atom. The Bertz CT molecular complexity index is 509. The Balaban J connectivity index is 1.99. The first-order chi connectivity index (χ1) is 8.78. The summed E-state index contributed by atoms with van der Waals surface area (Å²) >= 11 is 0. The lowest BCUT2D eigenvalue weighted by molar-refractivity contribution is 1.12. The highest BCUT2D eigenvalue weighted by Crippen LogP contribution is 2.13. The van der Waals surface area contributed by atoms with Crippen LogP contribution in [-0.4, -0.2) is 11.5 Å². The van der Waals surface area contributed by atoms with Gasteiger partial charge in [0.05, 0.1) is 0 Å². The summed E-state index contributed by atoms with van der Waals surface area (Å²) < 4.78 is 0. The topological polar surface area (TPSA) is 37.0 Å². The Morgan fingerprint density at radius 1 is 1.11 bits per heavy atom. The van der Waals surface area contributed by atoms with Gasteiger partial charge in [-0.1, -0.05) is 29.8 Å². The van der Waals surface area contributed by atoms with Crippen molar-refractivity contribution in [3.63, 3.8) is 0 Å². The number of hydrogen-bond donors (Lipinski definition) is 2. The van der Waals surface area contributed by atoms with Gasteiger partial charge in [-0.05, 0) is 25.5 Å². The molecule has 0 bridgehead atoms. The fraction of sp³-hybridized carbons (Fsp3) is 0.267. The minimum Gasteiger partial charge on any atom is -0.381 e. The van der Waals surface area contributed by atoms with Gasteiger partial charge < -0.3 is 10.6 Å². The number of pyridine rings is 1. The maximum absolute atomic E-state index is 4.25. The monoisotopic (exact) mass is 241 g/mol. The largest absolute Gasteiger partial charge is 0.381 e. The molecular formula is C15H19N3. The van der Waals surface area contributed by atoms with E-state index in [1.54, 1.807) is 0 Å². The molecule has 0 atom stereocenters. The van der Waals surface area contributed by atoms with Crippen molar-refractivity contribution in [2.24, 2.45) is 0 Å². The highest BCUT2D eigenvalue weighted by Gasteiger charge is 1.97. The van der Waals surface area contributed by atoms with E-state index in [9.17, 15) is 0 Å². The number of benzene rings is 1. The second-order valence-corrected chi connectivity index (χ2v) is 4.30. The third-order valence-electron chi connectivity index (χ3n) is 2.70. The SMILES string of the molecule is CCNc1cc(NCc2cccc(C)c2)ccn1. The highest BCUT2D eigenvalue weighted by atomic mass is 15.0. The molecule has 1 heterocycles. The van der Waals surface area contributed by atoms with Gasteiger partial charge in [0.25, 0.3) is 0 Å². The van der Waals surface area contributed by atoms with E-state index in [-0.39, 0.29) is 0 Å². The fourth-order valence-electron chi connectivity index (χ4n) is 1.84. The number of nitrogens with one attached hydrogen (secondary N) is 2. The van der Waals surface area contributed by atoms with Gasteiger partial charge in [-0.3, -0.25) is 0 Å². The molecule has 18 heavy (non-hydrogen) atoms. The van der Waals surface area contributed by atoms with Crippen LogP contribution in [-0.2, 0) is 6.54 Å². The molecule has 2 aromatic rings. The molecule has 1 aromatic carbocycles. The highest BCUT2D eigenvalue weighted by molar-refractivity contribution is 5.52. The minimum atomic E-state index is 0.831. The number of rotatable bonds is 5. The van der Waals surface area contributed by atoms with E-state index in [4.69, 9.17) is 0 Å². The first kappa shape index (κ1) is 12.4. The summed E-state index contributed by atoms with van der Waals surface area (Å²) in [4.78, 5) is 4.25. The molecule has 0 spiro atoms. The molecule has 0 fully saturated rings. The van der Waals surface area contributed by atoms with Crippen molar-refractivity contribution in [3.8, 4) is 0 Å². The van der Waals surface area contributed by atoms with Crippen molar-refractivity contribution < 1.29 is 0 Å². The molecule has 3 heteroatoms. The lowest BCUT2D eigenvalue weighted by atomic mass is 10.1. The molecular weight excluding hydrogens is 222 g/mol. The molecule has 0 unspecified atom stereocenters. The average Bonchev–Trinajstić information content (AvgIpc) is 2.37. The number of hydrogen-bond acceptors (Lipinski definition) is 3. The molecule has 0 aliphatic heterocycles. The Labute approximate surface area is 108 Å². The van der Waals surface area contributed by atoms with E-state index in [0.29, 0.717) is 0 Å². The maximum Gasteiger partial charge on any atom is 0.127 e. The molecule has 94 valence electrons. The number of nitrogens with zero attached hydrogens (tertiary/aromatic N) is 1. The van der Waals surface area contributed by atoms with Crippen molar-refractivity contribution in [1.29, 1.82) is 0 Å². The number of anilines is 2. The van der Waals surface area contributed by atoms with Gasteiger partial charge in [0, 0.05) is 31.0 Å². The van der Waals surface area contributed by atoms with Crippen LogP contribution in [0.4, 0.5) is 11.5 Å². The first-order valence-electron chi connectivity index (χ1n) is 6.27. The zero-order chi connectivity index (χ0) is 12.8. The van der Waals surface area contributed by atoms with E-state index in [1.807, 2.05) is 18.3 Å². The number of aryl methyl sites for hydroxylation is 1. The smallest absolute Gasteiger partial charge is 0.127 e. The van der Waals surface area contributed by atoms with Gasteiger partial charge in [-0.2, -0.15) is 0 Å². The minimum absolute atomic E-state index is 0.831. The molecule has 0 radical (unpaired) electrons. The van der Waals surface area contributed by atoms with Crippen LogP contribution < -0.4 is 10.6 Å². The molecule has 2 rings (SSSR count). The molecule has 1 aromatic heterocycles. The third-order valence-corrected chi connectivity index (χ3v) is 2.70. The van der Waals surface area contributed by atoms with Gasteiger partial charge in [0.15, 0.2) is 0 Å². The standard InChI is InChI=1S/C15H19N3/c1-3-16-15-10-14(7-8-17-15)18-11-13-6-4-5-12(2)9-13/h4-10H,3,11H2,1-2H3,(H2,16,17,18).